The van der Waals surface area contributed by atoms with Gasteiger partial charge in [0, 0.05) is 56.7 Å². The first kappa shape index (κ1) is 29.4. The van der Waals surface area contributed by atoms with Crippen molar-refractivity contribution in [1.29, 1.82) is 0 Å². The summed E-state index contributed by atoms with van der Waals surface area (Å²) < 4.78 is 11.9. The minimum Gasteiger partial charge on any atom is -0.456 e. The topological polar surface area (TPSA) is 49.2 Å². The highest BCUT2D eigenvalue weighted by Gasteiger charge is 2.30. The van der Waals surface area contributed by atoms with Gasteiger partial charge in [0.05, 0.1) is 18.5 Å². The third kappa shape index (κ3) is 4.76. The zero-order valence-electron chi connectivity index (χ0n) is 27.4. The standard InChI is InChI=1S/C45H31N3OS2/c1-2-10-26(11-3-1)43-46-44(48-45(47-43)28-20-22-31-29-12-4-6-18-38(29)50-40(31)25-28)27-21-23-35-37(24-27)49-36-17-9-14-32(41(35)36)34-16-8-15-33-30-13-5-7-19-39(30)51-42(33)34/h1-25,43-48H. The van der Waals surface area contributed by atoms with Crippen molar-refractivity contribution in [2.45, 2.75) is 18.5 Å². The van der Waals surface area contributed by atoms with Crippen LogP contribution in [0.15, 0.2) is 156 Å². The van der Waals surface area contributed by atoms with Gasteiger partial charge >= 0.3 is 0 Å². The number of hydrogen-bond donors (Lipinski definition) is 3. The summed E-state index contributed by atoms with van der Waals surface area (Å²) in [6.45, 7) is 0. The van der Waals surface area contributed by atoms with Crippen LogP contribution in [-0.2, 0) is 0 Å². The zero-order chi connectivity index (χ0) is 33.5. The average Bonchev–Trinajstić information content (AvgIpc) is 3.88. The molecule has 244 valence electrons. The molecule has 0 saturated carbocycles. The number of rotatable bonds is 4. The van der Waals surface area contributed by atoms with Crippen LogP contribution in [0.2, 0.25) is 0 Å². The highest BCUT2D eigenvalue weighted by Crippen LogP contribution is 2.44. The molecule has 3 aromatic heterocycles. The first-order valence-electron chi connectivity index (χ1n) is 17.4. The Labute approximate surface area is 302 Å². The van der Waals surface area contributed by atoms with E-state index in [9.17, 15) is 0 Å². The molecule has 3 atom stereocenters. The lowest BCUT2D eigenvalue weighted by Crippen LogP contribution is -2.54. The highest BCUT2D eigenvalue weighted by molar-refractivity contribution is 7.26. The van der Waals surface area contributed by atoms with E-state index < -0.39 is 0 Å². The van der Waals surface area contributed by atoms with Crippen molar-refractivity contribution in [3.8, 4) is 11.1 Å². The summed E-state index contributed by atoms with van der Waals surface area (Å²) in [5, 5.41) is 19.1. The molecule has 0 bridgehead atoms. The lowest BCUT2D eigenvalue weighted by atomic mass is 9.97. The van der Waals surface area contributed by atoms with Crippen LogP contribution in [0.1, 0.15) is 35.2 Å². The Balaban J connectivity index is 1.01. The minimum atomic E-state index is -0.121. The molecule has 10 aromatic rings. The molecule has 3 unspecified atom stereocenters. The summed E-state index contributed by atoms with van der Waals surface area (Å²) in [4.78, 5) is 0. The van der Waals surface area contributed by atoms with Crippen LogP contribution in [0.25, 0.3) is 73.4 Å². The monoisotopic (exact) mass is 693 g/mol. The Bertz CT molecular complexity index is 2940. The van der Waals surface area contributed by atoms with Crippen molar-refractivity contribution < 1.29 is 4.42 Å². The van der Waals surface area contributed by atoms with Gasteiger partial charge in [-0.2, -0.15) is 0 Å². The van der Waals surface area contributed by atoms with Gasteiger partial charge in [0.15, 0.2) is 0 Å². The van der Waals surface area contributed by atoms with Crippen LogP contribution >= 0.6 is 22.7 Å². The van der Waals surface area contributed by atoms with Gasteiger partial charge in [-0.1, -0.05) is 121 Å². The quantitative estimate of drug-likeness (QED) is 0.172. The number of benzene rings is 7. The van der Waals surface area contributed by atoms with Crippen molar-refractivity contribution in [3.05, 3.63) is 168 Å². The van der Waals surface area contributed by atoms with Gasteiger partial charge in [0.1, 0.15) is 11.2 Å². The van der Waals surface area contributed by atoms with Crippen molar-refractivity contribution in [1.82, 2.24) is 16.0 Å². The molecule has 0 aliphatic carbocycles. The van der Waals surface area contributed by atoms with Gasteiger partial charge in [0.2, 0.25) is 0 Å². The molecule has 51 heavy (non-hydrogen) atoms. The number of furan rings is 1. The Morgan fingerprint density at radius 2 is 0.980 bits per heavy atom. The molecule has 1 saturated heterocycles. The molecular weight excluding hydrogens is 663 g/mol. The molecule has 11 rings (SSSR count). The van der Waals surface area contributed by atoms with Crippen molar-refractivity contribution >= 4 is 85.0 Å². The molecule has 6 heteroatoms. The average molecular weight is 694 g/mol. The summed E-state index contributed by atoms with van der Waals surface area (Å²) >= 11 is 3.72. The Hall–Kier alpha value is -5.34. The van der Waals surface area contributed by atoms with E-state index in [1.165, 1.54) is 62.6 Å². The van der Waals surface area contributed by atoms with Gasteiger partial charge in [-0.15, -0.1) is 22.7 Å². The van der Waals surface area contributed by atoms with E-state index in [0.29, 0.717) is 0 Å². The maximum Gasteiger partial charge on any atom is 0.136 e. The molecule has 1 fully saturated rings. The van der Waals surface area contributed by atoms with E-state index in [1.807, 2.05) is 22.7 Å². The molecule has 4 heterocycles. The maximum absolute atomic E-state index is 6.65. The number of fused-ring (bicyclic) bond motifs is 9. The van der Waals surface area contributed by atoms with Crippen LogP contribution in [0.3, 0.4) is 0 Å². The SMILES string of the molecule is c1ccc(C2NC(c3ccc4c(c3)oc3cccc(-c5cccc6c5sc5ccccc56)c34)NC(c3ccc4c(c3)sc3ccccc34)N2)cc1. The van der Waals surface area contributed by atoms with Gasteiger partial charge in [-0.3, -0.25) is 16.0 Å². The molecule has 1 aliphatic heterocycles. The smallest absolute Gasteiger partial charge is 0.136 e. The second-order valence-corrected chi connectivity index (χ2v) is 15.5. The zero-order valence-corrected chi connectivity index (χ0v) is 29.0. The molecule has 1 aliphatic rings. The molecule has 0 spiro atoms. The van der Waals surface area contributed by atoms with Crippen LogP contribution in [0.5, 0.6) is 0 Å². The number of nitrogens with one attached hydrogen (secondary N) is 3. The summed E-state index contributed by atoms with van der Waals surface area (Å²) in [6, 6.07) is 54.7. The summed E-state index contributed by atoms with van der Waals surface area (Å²) in [7, 11) is 0. The lowest BCUT2D eigenvalue weighted by Gasteiger charge is -2.39. The van der Waals surface area contributed by atoms with E-state index in [4.69, 9.17) is 4.42 Å². The molecule has 7 aromatic carbocycles. The summed E-state index contributed by atoms with van der Waals surface area (Å²) in [6.07, 6.45) is -0.250. The molecule has 0 amide bonds. The van der Waals surface area contributed by atoms with Gasteiger partial charge < -0.3 is 4.42 Å². The van der Waals surface area contributed by atoms with Crippen LogP contribution in [-0.4, -0.2) is 0 Å². The van der Waals surface area contributed by atoms with Crippen LogP contribution in [0, 0.1) is 0 Å². The Kier molecular flexibility index (Phi) is 6.69. The van der Waals surface area contributed by atoms with Crippen molar-refractivity contribution in [2.24, 2.45) is 0 Å². The summed E-state index contributed by atoms with van der Waals surface area (Å²) in [5.41, 5.74) is 7.78. The number of hydrogen-bond acceptors (Lipinski definition) is 6. The minimum absolute atomic E-state index is 0.0553. The lowest BCUT2D eigenvalue weighted by molar-refractivity contribution is 0.203. The summed E-state index contributed by atoms with van der Waals surface area (Å²) in [5.74, 6) is 0. The molecule has 3 N–H and O–H groups in total. The largest absolute Gasteiger partial charge is 0.456 e. The first-order chi connectivity index (χ1) is 25.2. The van der Waals surface area contributed by atoms with Gasteiger partial charge in [0.25, 0.3) is 0 Å². The predicted molar refractivity (Wildman–Crippen MR) is 215 cm³/mol. The fourth-order valence-electron chi connectivity index (χ4n) is 7.99. The first-order valence-corrected chi connectivity index (χ1v) is 19.0. The van der Waals surface area contributed by atoms with E-state index in [1.54, 1.807) is 0 Å². The normalized spacial score (nSPS) is 18.2. The fourth-order valence-corrected chi connectivity index (χ4v) is 10.4. The van der Waals surface area contributed by atoms with Crippen LogP contribution < -0.4 is 16.0 Å². The van der Waals surface area contributed by atoms with Crippen molar-refractivity contribution in [2.75, 3.05) is 0 Å². The highest BCUT2D eigenvalue weighted by atomic mass is 32.1. The molecular formula is C45H31N3OS2. The second-order valence-electron chi connectivity index (χ2n) is 13.4. The van der Waals surface area contributed by atoms with E-state index in [2.05, 4.69) is 168 Å². The Morgan fingerprint density at radius 3 is 1.78 bits per heavy atom. The third-order valence-electron chi connectivity index (χ3n) is 10.4. The molecule has 0 radical (unpaired) electrons. The maximum atomic E-state index is 6.65. The van der Waals surface area contributed by atoms with E-state index in [0.717, 1.165) is 27.5 Å². The van der Waals surface area contributed by atoms with Crippen LogP contribution in [0.4, 0.5) is 0 Å². The Morgan fingerprint density at radius 1 is 0.392 bits per heavy atom. The van der Waals surface area contributed by atoms with E-state index in [-0.39, 0.29) is 18.5 Å². The third-order valence-corrected chi connectivity index (χ3v) is 12.8. The fraction of sp³-hybridized carbons (Fsp3) is 0.0667. The van der Waals surface area contributed by atoms with Crippen molar-refractivity contribution in [3.63, 3.8) is 0 Å². The molecule has 4 nitrogen and oxygen atoms in total. The predicted octanol–water partition coefficient (Wildman–Crippen LogP) is 12.2. The van der Waals surface area contributed by atoms with Gasteiger partial charge in [-0.25, -0.2) is 0 Å². The van der Waals surface area contributed by atoms with E-state index >= 15 is 0 Å². The number of thiophene rings is 2. The van der Waals surface area contributed by atoms with Gasteiger partial charge in [-0.05, 0) is 52.6 Å². The second kappa shape index (κ2) is 11.6.